The first-order chi connectivity index (χ1) is 29.7. The number of hydrogen-bond donors (Lipinski definition) is 3. The minimum absolute atomic E-state index is 0. The summed E-state index contributed by atoms with van der Waals surface area (Å²) in [6.45, 7) is 4.04. The van der Waals surface area contributed by atoms with Gasteiger partial charge in [-0.2, -0.15) is 0 Å². The Morgan fingerprint density at radius 3 is 1.94 bits per heavy atom. The molecule has 2 heterocycles. The van der Waals surface area contributed by atoms with E-state index >= 15 is 0 Å². The number of anilines is 1. The van der Waals surface area contributed by atoms with Crippen molar-refractivity contribution < 1.29 is 99.7 Å². The van der Waals surface area contributed by atoms with Crippen LogP contribution < -0.4 is 71.3 Å². The molecule has 0 aliphatic rings. The van der Waals surface area contributed by atoms with Gasteiger partial charge in [0.2, 0.25) is 0 Å². The van der Waals surface area contributed by atoms with Crippen LogP contribution in [0, 0.1) is 9.64 Å². The van der Waals surface area contributed by atoms with Crippen molar-refractivity contribution in [3.05, 3.63) is 130 Å². The zero-order chi connectivity index (χ0) is 44.3. The molecule has 6 rings (SSSR count). The average molecular weight is 935 g/mol. The van der Waals surface area contributed by atoms with Crippen molar-refractivity contribution in [2.45, 2.75) is 77.0 Å². The van der Waals surface area contributed by atoms with Crippen LogP contribution >= 0.6 is 32.9 Å². The van der Waals surface area contributed by atoms with Crippen LogP contribution in [0.1, 0.15) is 74.3 Å². The van der Waals surface area contributed by atoms with Crippen LogP contribution in [0.15, 0.2) is 109 Å². The number of hydrogen-bond acceptors (Lipinski definition) is 12. The van der Waals surface area contributed by atoms with Gasteiger partial charge in [0, 0.05) is 53.6 Å². The second-order valence-corrected chi connectivity index (χ2v) is 17.8. The van der Waals surface area contributed by atoms with Gasteiger partial charge in [-0.25, -0.2) is 4.39 Å². The Hall–Kier alpha value is -4.20. The molecule has 0 unspecified atom stereocenters. The van der Waals surface area contributed by atoms with Gasteiger partial charge in [-0.1, -0.05) is 77.1 Å². The fourth-order valence-electron chi connectivity index (χ4n) is 7.08. The van der Waals surface area contributed by atoms with E-state index in [1.54, 1.807) is 58.9 Å². The molecule has 0 saturated carbocycles. The number of nitrogens with one attached hydrogen (secondary N) is 1. The average Bonchev–Trinajstić information content (AvgIpc) is 3.83. The number of carboxylic acid groups (broad SMARTS) is 1. The smallest absolute Gasteiger partial charge is 0.550 e. The van der Waals surface area contributed by atoms with E-state index in [0.717, 1.165) is 14.3 Å². The summed E-state index contributed by atoms with van der Waals surface area (Å²) in [6.07, 6.45) is -2.89. The van der Waals surface area contributed by atoms with Crippen LogP contribution in [0.2, 0.25) is 0 Å². The molecule has 0 spiro atoms. The predicted molar refractivity (Wildman–Crippen MR) is 238 cm³/mol. The molecule has 1 amide bonds. The van der Waals surface area contributed by atoms with Gasteiger partial charge in [0.25, 0.3) is 5.91 Å². The molecule has 2 atom stereocenters. The third-order valence-corrected chi connectivity index (χ3v) is 12.7. The molecule has 0 aliphatic heterocycles. The zero-order valence-corrected chi connectivity index (χ0v) is 40.4. The van der Waals surface area contributed by atoms with Crippen molar-refractivity contribution in [1.29, 1.82) is 0 Å². The summed E-state index contributed by atoms with van der Waals surface area (Å²) in [5.41, 5.74) is 4.91. The van der Waals surface area contributed by atoms with Crippen LogP contribution in [0.3, 0.4) is 0 Å². The number of esters is 2. The van der Waals surface area contributed by atoms with E-state index in [2.05, 4.69) is 5.32 Å². The van der Waals surface area contributed by atoms with Crippen LogP contribution in [0.4, 0.5) is 10.1 Å². The third-order valence-electron chi connectivity index (χ3n) is 9.83. The van der Waals surface area contributed by atoms with Gasteiger partial charge < -0.3 is 39.5 Å². The van der Waals surface area contributed by atoms with Crippen molar-refractivity contribution in [3.8, 4) is 44.3 Å². The van der Waals surface area contributed by atoms with Crippen LogP contribution in [0.25, 0.3) is 32.8 Å². The monoisotopic (exact) mass is 934 g/mol. The quantitative estimate of drug-likeness (QED) is 0.0281. The second-order valence-electron chi connectivity index (χ2n) is 14.9. The molecule has 0 radical (unpaired) electrons. The number of carboxylic acids is 1. The molecule has 16 heteroatoms. The minimum atomic E-state index is -1.43. The fraction of sp³-hybridized carbons (Fsp3) is 0.255. The van der Waals surface area contributed by atoms with Crippen molar-refractivity contribution in [1.82, 2.24) is 4.57 Å². The number of amides is 1. The van der Waals surface area contributed by atoms with Crippen molar-refractivity contribution in [2.75, 3.05) is 5.32 Å². The number of carbonyl (C=O) groups excluding carboxylic acids is 4. The molecule has 0 saturated heterocycles. The number of rotatable bonds is 19. The number of aliphatic hydroxyl groups is 2. The summed E-state index contributed by atoms with van der Waals surface area (Å²) >= 11 is 5.20. The predicted octanol–water partition coefficient (Wildman–Crippen LogP) is 6.18. The third kappa shape index (κ3) is 13.9. The number of carbonyl (C=O) groups is 4. The normalized spacial score (nSPS) is 12.0. The molecule has 63 heavy (non-hydrogen) atoms. The summed E-state index contributed by atoms with van der Waals surface area (Å²) in [5.74, 6) is -2.93. The summed E-state index contributed by atoms with van der Waals surface area (Å²) in [7, 11) is 3.10. The van der Waals surface area contributed by atoms with Gasteiger partial charge in [0.1, 0.15) is 21.1 Å². The number of nitrogens with zero attached hydrogens (tertiary/aromatic N) is 1. The van der Waals surface area contributed by atoms with E-state index in [1.165, 1.54) is 22.5 Å². The number of benzene rings is 4. The van der Waals surface area contributed by atoms with E-state index in [9.17, 15) is 38.9 Å². The van der Waals surface area contributed by atoms with Gasteiger partial charge in [-0.3, -0.25) is 14.4 Å². The fourth-order valence-corrected chi connectivity index (χ4v) is 9.48. The van der Waals surface area contributed by atoms with Gasteiger partial charge in [0.05, 0.1) is 23.5 Å². The zero-order valence-electron chi connectivity index (χ0n) is 34.9. The molecular weight excluding hydrogens is 891 g/mol. The van der Waals surface area contributed by atoms with Crippen LogP contribution in [-0.4, -0.2) is 50.8 Å². The topological polar surface area (TPSA) is 167 Å². The maximum atomic E-state index is 14.5. The Bertz CT molecular complexity index is 2560. The number of halogens is 1. The molecule has 0 fully saturated rings. The van der Waals surface area contributed by atoms with Gasteiger partial charge >= 0.3 is 63.3 Å². The number of ether oxygens (including phenoxy) is 2. The van der Waals surface area contributed by atoms with Gasteiger partial charge in [-0.05, 0) is 121 Å². The number of aromatic nitrogens is 1. The summed E-state index contributed by atoms with van der Waals surface area (Å²) in [6, 6.07) is 30.5. The Kier molecular flexibility index (Phi) is 18.7. The molecule has 0 bridgehead atoms. The first-order valence-electron chi connectivity index (χ1n) is 19.9. The Labute approximate surface area is 419 Å². The summed E-state index contributed by atoms with van der Waals surface area (Å²) in [5, 5.41) is 35.0. The van der Waals surface area contributed by atoms with E-state index in [-0.39, 0.29) is 102 Å². The Morgan fingerprint density at radius 2 is 1.38 bits per heavy atom. The molecule has 4 aromatic carbocycles. The Morgan fingerprint density at radius 1 is 0.794 bits per heavy atom. The minimum Gasteiger partial charge on any atom is -0.550 e. The van der Waals surface area contributed by atoms with Crippen molar-refractivity contribution in [2.24, 2.45) is 0 Å². The number of aliphatic hydroxyl groups excluding tert-OH is 2. The standard InChI is InChI=1S/C47H45FN2O9S3.K/c1-28(2)45-44(43(30-7-4-3-5-8-30)46(31-11-15-32(48)16-12-31)50(45)24-23-34(51)25-35(52)26-39(53)54)47(57)49-33-17-21-37(22-18-33)59-41(56)10-6-9-40(55)58-36-19-13-29(14-20-36)38-27-42(60)62-61-38;/h3-5,7-8,11-22,27-28,34-35,51-52H,6,9-10,23-26H2,1-2H3,(H,49,57)(H,53,54);/q;+1/p-1/t34-,35-;/m1./s1. The second kappa shape index (κ2) is 23.6. The van der Waals surface area contributed by atoms with E-state index in [0.29, 0.717) is 45.1 Å². The van der Waals surface area contributed by atoms with Crippen LogP contribution in [-0.2, 0) is 20.9 Å². The Balaban J connectivity index is 0.00000748. The maximum Gasteiger partial charge on any atom is 1.00 e. The van der Waals surface area contributed by atoms with Gasteiger partial charge in [-0.15, -0.1) is 0 Å². The summed E-state index contributed by atoms with van der Waals surface area (Å²) < 4.78 is 27.9. The molecule has 6 aromatic rings. The maximum absolute atomic E-state index is 14.5. The largest absolute Gasteiger partial charge is 1.00 e. The SMILES string of the molecule is CC(C)c1c(C(=O)Nc2ccc(OC(=O)CCCC(=O)Oc3ccc(-c4cc(=S)ss4)cc3)cc2)c(-c2ccccc2)c(-c2ccc(F)cc2)n1CC[C@@H](O)C[C@@H](O)CC(=O)[O-].[K+]. The van der Waals surface area contributed by atoms with E-state index in [1.807, 2.05) is 66.9 Å². The molecule has 3 N–H and O–H groups in total. The molecule has 11 nitrogen and oxygen atoms in total. The number of aliphatic carboxylic acids is 1. The van der Waals surface area contributed by atoms with E-state index < -0.39 is 48.3 Å². The van der Waals surface area contributed by atoms with E-state index in [4.69, 9.17) is 21.7 Å². The van der Waals surface area contributed by atoms with Crippen LogP contribution in [0.5, 0.6) is 11.5 Å². The van der Waals surface area contributed by atoms with Gasteiger partial charge in [0.15, 0.2) is 0 Å². The first-order valence-corrected chi connectivity index (χ1v) is 22.5. The molecular formula is C47H44FKN2O9S3. The van der Waals surface area contributed by atoms with Crippen molar-refractivity contribution in [3.63, 3.8) is 0 Å². The summed E-state index contributed by atoms with van der Waals surface area (Å²) in [4.78, 5) is 51.7. The van der Waals surface area contributed by atoms with Crippen molar-refractivity contribution >= 4 is 62.4 Å². The molecule has 322 valence electrons. The molecule has 0 aliphatic carbocycles. The molecule has 2 aromatic heterocycles. The first kappa shape index (κ1) is 49.8.